The molecular formula is C17H15N5O2S. The van der Waals surface area contributed by atoms with E-state index in [-0.39, 0.29) is 5.69 Å². The van der Waals surface area contributed by atoms with Gasteiger partial charge in [0, 0.05) is 22.6 Å². The van der Waals surface area contributed by atoms with Crippen molar-refractivity contribution in [3.8, 4) is 0 Å². The second-order valence-corrected chi connectivity index (χ2v) is 6.92. The maximum atomic E-state index is 10.8. The number of aromatic nitrogens is 2. The quantitative estimate of drug-likeness (QED) is 0.436. The molecule has 1 aliphatic rings. The van der Waals surface area contributed by atoms with E-state index in [0.29, 0.717) is 11.4 Å². The van der Waals surface area contributed by atoms with E-state index in [1.807, 2.05) is 0 Å². The van der Waals surface area contributed by atoms with Crippen LogP contribution in [0.15, 0.2) is 35.7 Å². The van der Waals surface area contributed by atoms with Gasteiger partial charge in [0.25, 0.3) is 5.69 Å². The highest BCUT2D eigenvalue weighted by Crippen LogP contribution is 2.38. The molecular weight excluding hydrogens is 338 g/mol. The molecule has 3 aromatic rings. The Morgan fingerprint density at radius 1 is 1.28 bits per heavy atom. The van der Waals surface area contributed by atoms with E-state index < -0.39 is 4.92 Å². The smallest absolute Gasteiger partial charge is 0.261 e. The monoisotopic (exact) mass is 353 g/mol. The summed E-state index contributed by atoms with van der Waals surface area (Å²) in [4.78, 5) is 21.5. The number of hydrogen-bond donors (Lipinski definition) is 1. The summed E-state index contributed by atoms with van der Waals surface area (Å²) in [5.74, 6) is 0.686. The van der Waals surface area contributed by atoms with E-state index in [9.17, 15) is 10.1 Å². The number of fused-ring (bicyclic) bond motifs is 3. The molecule has 1 aromatic carbocycles. The first kappa shape index (κ1) is 15.6. The number of aryl methyl sites for hydroxylation is 2. The molecule has 0 spiro atoms. The van der Waals surface area contributed by atoms with Crippen LogP contribution in [0, 0.1) is 10.1 Å². The number of nitro benzene ring substituents is 1. The van der Waals surface area contributed by atoms with E-state index in [0.717, 1.165) is 23.1 Å². The van der Waals surface area contributed by atoms with E-state index in [2.05, 4.69) is 20.5 Å². The van der Waals surface area contributed by atoms with Crippen molar-refractivity contribution in [3.05, 3.63) is 56.7 Å². The molecule has 2 aromatic heterocycles. The van der Waals surface area contributed by atoms with Gasteiger partial charge in [-0.3, -0.25) is 15.5 Å². The molecule has 4 rings (SSSR count). The SMILES string of the molecule is O=[N+]([O-])c1cccc(/C=N/Nc2ncnc3sc4c(c23)CCCC4)c1. The summed E-state index contributed by atoms with van der Waals surface area (Å²) < 4.78 is 0. The molecule has 0 aliphatic heterocycles. The Bertz CT molecular complexity index is 982. The third kappa shape index (κ3) is 3.08. The van der Waals surface area contributed by atoms with Crippen molar-refractivity contribution in [1.29, 1.82) is 0 Å². The Morgan fingerprint density at radius 3 is 3.04 bits per heavy atom. The van der Waals surface area contributed by atoms with E-state index in [1.165, 1.54) is 41.7 Å². The highest BCUT2D eigenvalue weighted by Gasteiger charge is 2.19. The molecule has 0 unspecified atom stereocenters. The number of nitro groups is 1. The lowest BCUT2D eigenvalue weighted by Crippen LogP contribution is -2.01. The van der Waals surface area contributed by atoms with Crippen LogP contribution in [0.2, 0.25) is 0 Å². The first-order chi connectivity index (χ1) is 12.2. The second-order valence-electron chi connectivity index (χ2n) is 5.84. The van der Waals surface area contributed by atoms with Gasteiger partial charge in [-0.1, -0.05) is 12.1 Å². The molecule has 25 heavy (non-hydrogen) atoms. The first-order valence-corrected chi connectivity index (χ1v) is 8.83. The molecule has 1 aliphatic carbocycles. The van der Waals surface area contributed by atoms with Crippen molar-refractivity contribution < 1.29 is 4.92 Å². The van der Waals surface area contributed by atoms with Crippen LogP contribution in [0.4, 0.5) is 11.5 Å². The van der Waals surface area contributed by atoms with Crippen LogP contribution in [0.1, 0.15) is 28.8 Å². The van der Waals surface area contributed by atoms with Crippen LogP contribution in [0.5, 0.6) is 0 Å². The average molecular weight is 353 g/mol. The average Bonchev–Trinajstić information content (AvgIpc) is 3.01. The second kappa shape index (κ2) is 6.56. The number of nitrogens with one attached hydrogen (secondary N) is 1. The minimum atomic E-state index is -0.420. The normalized spacial score (nSPS) is 13.9. The lowest BCUT2D eigenvalue weighted by Gasteiger charge is -2.11. The largest absolute Gasteiger partial charge is 0.270 e. The zero-order valence-electron chi connectivity index (χ0n) is 13.3. The van der Waals surface area contributed by atoms with Crippen LogP contribution in [0.25, 0.3) is 10.2 Å². The van der Waals surface area contributed by atoms with Crippen molar-refractivity contribution >= 4 is 39.3 Å². The van der Waals surface area contributed by atoms with Crippen LogP contribution < -0.4 is 5.43 Å². The zero-order valence-corrected chi connectivity index (χ0v) is 14.1. The van der Waals surface area contributed by atoms with Crippen molar-refractivity contribution in [2.75, 3.05) is 5.43 Å². The lowest BCUT2D eigenvalue weighted by atomic mass is 9.97. The van der Waals surface area contributed by atoms with E-state index in [4.69, 9.17) is 0 Å². The molecule has 0 bridgehead atoms. The van der Waals surface area contributed by atoms with Crippen molar-refractivity contribution in [3.63, 3.8) is 0 Å². The lowest BCUT2D eigenvalue weighted by molar-refractivity contribution is -0.384. The predicted molar refractivity (Wildman–Crippen MR) is 98.4 cm³/mol. The van der Waals surface area contributed by atoms with Gasteiger partial charge in [0.1, 0.15) is 11.2 Å². The summed E-state index contributed by atoms with van der Waals surface area (Å²) >= 11 is 1.73. The number of rotatable bonds is 4. The van der Waals surface area contributed by atoms with Gasteiger partial charge in [-0.05, 0) is 31.2 Å². The van der Waals surface area contributed by atoms with Gasteiger partial charge in [0.2, 0.25) is 0 Å². The number of hydrazone groups is 1. The molecule has 0 atom stereocenters. The van der Waals surface area contributed by atoms with Crippen molar-refractivity contribution in [1.82, 2.24) is 9.97 Å². The summed E-state index contributed by atoms with van der Waals surface area (Å²) in [7, 11) is 0. The standard InChI is InChI=1S/C17H15N5O2S/c23-22(24)12-5-3-4-11(8-12)9-20-21-16-15-13-6-1-2-7-14(13)25-17(15)19-10-18-16/h3-5,8-10H,1-2,6-7H2,(H,18,19,21)/b20-9+. The number of hydrogen-bond acceptors (Lipinski definition) is 7. The Labute approximate surface area is 147 Å². The molecule has 1 N–H and O–H groups in total. The number of anilines is 1. The number of nitrogens with zero attached hydrogens (tertiary/aromatic N) is 4. The van der Waals surface area contributed by atoms with Crippen LogP contribution in [-0.2, 0) is 12.8 Å². The van der Waals surface area contributed by atoms with E-state index in [1.54, 1.807) is 29.7 Å². The van der Waals surface area contributed by atoms with Crippen molar-refractivity contribution in [2.24, 2.45) is 5.10 Å². The fourth-order valence-corrected chi connectivity index (χ4v) is 4.29. The molecule has 0 fully saturated rings. The summed E-state index contributed by atoms with van der Waals surface area (Å²) in [6, 6.07) is 6.33. The Hall–Kier alpha value is -2.87. The third-order valence-corrected chi connectivity index (χ3v) is 5.42. The van der Waals surface area contributed by atoms with E-state index >= 15 is 0 Å². The van der Waals surface area contributed by atoms with Gasteiger partial charge >= 0.3 is 0 Å². The molecule has 0 radical (unpaired) electrons. The highest BCUT2D eigenvalue weighted by atomic mass is 32.1. The number of non-ortho nitro benzene ring substituents is 1. The van der Waals surface area contributed by atoms with Gasteiger partial charge < -0.3 is 0 Å². The molecule has 8 heteroatoms. The maximum Gasteiger partial charge on any atom is 0.270 e. The Kier molecular flexibility index (Phi) is 4.10. The number of thiophene rings is 1. The summed E-state index contributed by atoms with van der Waals surface area (Å²) in [5.41, 5.74) is 5.00. The molecule has 0 amide bonds. The summed E-state index contributed by atoms with van der Waals surface area (Å²) in [6.07, 6.45) is 7.65. The van der Waals surface area contributed by atoms with Gasteiger partial charge in [-0.2, -0.15) is 5.10 Å². The highest BCUT2D eigenvalue weighted by molar-refractivity contribution is 7.19. The fraction of sp³-hybridized carbons (Fsp3) is 0.235. The van der Waals surface area contributed by atoms with Crippen LogP contribution in [-0.4, -0.2) is 21.1 Å². The maximum absolute atomic E-state index is 10.8. The third-order valence-electron chi connectivity index (χ3n) is 4.22. The Balaban J connectivity index is 1.62. The molecule has 2 heterocycles. The molecule has 7 nitrogen and oxygen atoms in total. The zero-order chi connectivity index (χ0) is 17.2. The van der Waals surface area contributed by atoms with Gasteiger partial charge in [0.05, 0.1) is 16.5 Å². The van der Waals surface area contributed by atoms with Gasteiger partial charge in [-0.25, -0.2) is 9.97 Å². The predicted octanol–water partition coefficient (Wildman–Crippen LogP) is 3.92. The fourth-order valence-electron chi connectivity index (χ4n) is 3.06. The topological polar surface area (TPSA) is 93.3 Å². The van der Waals surface area contributed by atoms with Crippen molar-refractivity contribution in [2.45, 2.75) is 25.7 Å². The number of benzene rings is 1. The Morgan fingerprint density at radius 2 is 2.16 bits per heavy atom. The molecule has 126 valence electrons. The van der Waals surface area contributed by atoms with Crippen LogP contribution >= 0.6 is 11.3 Å². The summed E-state index contributed by atoms with van der Waals surface area (Å²) in [5, 5.41) is 16.1. The minimum absolute atomic E-state index is 0.0419. The minimum Gasteiger partial charge on any atom is -0.261 e. The first-order valence-electron chi connectivity index (χ1n) is 8.01. The molecule has 0 saturated carbocycles. The van der Waals surface area contributed by atoms with Gasteiger partial charge in [0.15, 0.2) is 5.82 Å². The summed E-state index contributed by atoms with van der Waals surface area (Å²) in [6.45, 7) is 0. The van der Waals surface area contributed by atoms with Crippen LogP contribution in [0.3, 0.4) is 0 Å². The molecule has 0 saturated heterocycles. The van der Waals surface area contributed by atoms with Gasteiger partial charge in [-0.15, -0.1) is 11.3 Å².